The van der Waals surface area contributed by atoms with Gasteiger partial charge in [0.2, 0.25) is 5.88 Å². The van der Waals surface area contributed by atoms with Crippen LogP contribution in [0.25, 0.3) is 0 Å². The first-order valence-electron chi connectivity index (χ1n) is 4.46. The predicted octanol–water partition coefficient (Wildman–Crippen LogP) is 2.30. The second-order valence-electron chi connectivity index (χ2n) is 3.17. The Morgan fingerprint density at radius 3 is 3.00 bits per heavy atom. The number of nitrogens with zero attached hydrogens (tertiary/aromatic N) is 1. The van der Waals surface area contributed by atoms with Crippen molar-refractivity contribution in [3.63, 3.8) is 0 Å². The van der Waals surface area contributed by atoms with Crippen LogP contribution in [0.5, 0.6) is 5.88 Å². The Hall–Kier alpha value is -0.700. The average molecular weight is 195 g/mol. The number of fused-ring (bicyclic) bond motifs is 1. The summed E-state index contributed by atoms with van der Waals surface area (Å²) in [6, 6.07) is 2.07. The lowest BCUT2D eigenvalue weighted by molar-refractivity contribution is 0.393. The van der Waals surface area contributed by atoms with Crippen molar-refractivity contribution < 1.29 is 4.74 Å². The molecule has 0 aliphatic heterocycles. The van der Waals surface area contributed by atoms with Gasteiger partial charge in [-0.25, -0.2) is 4.98 Å². The second kappa shape index (κ2) is 3.58. The van der Waals surface area contributed by atoms with Crippen LogP contribution < -0.4 is 4.74 Å². The Morgan fingerprint density at radius 1 is 1.46 bits per heavy atom. The number of hydrogen-bond acceptors (Lipinski definition) is 3. The SMILES string of the molecule is COc1cc2c(c(SC)n1)CCC2. The van der Waals surface area contributed by atoms with E-state index in [-0.39, 0.29) is 0 Å². The molecule has 13 heavy (non-hydrogen) atoms. The maximum Gasteiger partial charge on any atom is 0.214 e. The minimum atomic E-state index is 0.755. The fraction of sp³-hybridized carbons (Fsp3) is 0.500. The molecule has 2 rings (SSSR count). The molecule has 0 spiro atoms. The molecular weight excluding hydrogens is 182 g/mol. The summed E-state index contributed by atoms with van der Waals surface area (Å²) in [7, 11) is 1.67. The zero-order chi connectivity index (χ0) is 9.26. The van der Waals surface area contributed by atoms with E-state index in [9.17, 15) is 0 Å². The Bertz CT molecular complexity index is 325. The number of hydrogen-bond donors (Lipinski definition) is 0. The first-order valence-corrected chi connectivity index (χ1v) is 5.68. The van der Waals surface area contributed by atoms with Crippen LogP contribution in [0.3, 0.4) is 0 Å². The van der Waals surface area contributed by atoms with Gasteiger partial charge in [0, 0.05) is 6.07 Å². The van der Waals surface area contributed by atoms with Gasteiger partial charge in [0.15, 0.2) is 0 Å². The molecule has 1 heterocycles. The van der Waals surface area contributed by atoms with E-state index in [4.69, 9.17) is 4.74 Å². The molecule has 0 radical (unpaired) electrons. The molecule has 1 aliphatic rings. The third-order valence-electron chi connectivity index (χ3n) is 2.43. The van der Waals surface area contributed by atoms with Crippen LogP contribution in [-0.2, 0) is 12.8 Å². The minimum absolute atomic E-state index is 0.755. The normalized spacial score (nSPS) is 14.3. The molecule has 0 unspecified atom stereocenters. The number of methoxy groups -OCH3 is 1. The topological polar surface area (TPSA) is 22.1 Å². The van der Waals surface area contributed by atoms with E-state index >= 15 is 0 Å². The summed E-state index contributed by atoms with van der Waals surface area (Å²) in [5, 5.41) is 1.15. The highest BCUT2D eigenvalue weighted by atomic mass is 32.2. The zero-order valence-electron chi connectivity index (χ0n) is 7.96. The van der Waals surface area contributed by atoms with Crippen molar-refractivity contribution in [1.29, 1.82) is 0 Å². The molecule has 0 fully saturated rings. The molecule has 0 atom stereocenters. The van der Waals surface area contributed by atoms with Gasteiger partial charge in [-0.1, -0.05) is 0 Å². The Balaban J connectivity index is 2.49. The van der Waals surface area contributed by atoms with Gasteiger partial charge in [0.25, 0.3) is 0 Å². The summed E-state index contributed by atoms with van der Waals surface area (Å²) in [5.41, 5.74) is 2.87. The number of thioether (sulfide) groups is 1. The fourth-order valence-corrected chi connectivity index (χ4v) is 2.45. The third kappa shape index (κ3) is 1.53. The number of rotatable bonds is 2. The Labute approximate surface area is 82.7 Å². The quantitative estimate of drug-likeness (QED) is 0.676. The first kappa shape index (κ1) is 8.88. The highest BCUT2D eigenvalue weighted by molar-refractivity contribution is 7.98. The van der Waals surface area contributed by atoms with Crippen LogP contribution >= 0.6 is 11.8 Å². The van der Waals surface area contributed by atoms with Crippen LogP contribution in [0.15, 0.2) is 11.1 Å². The average Bonchev–Trinajstić information content (AvgIpc) is 2.63. The summed E-state index contributed by atoms with van der Waals surface area (Å²) in [5.74, 6) is 0.755. The minimum Gasteiger partial charge on any atom is -0.481 e. The lowest BCUT2D eigenvalue weighted by Gasteiger charge is -2.07. The third-order valence-corrected chi connectivity index (χ3v) is 3.15. The van der Waals surface area contributed by atoms with Gasteiger partial charge in [-0.15, -0.1) is 11.8 Å². The standard InChI is InChI=1S/C10H13NOS/c1-12-9-6-7-4-3-5-8(7)10(11-9)13-2/h6H,3-5H2,1-2H3. The monoisotopic (exact) mass is 195 g/mol. The summed E-state index contributed by atoms with van der Waals surface area (Å²) >= 11 is 1.71. The van der Waals surface area contributed by atoms with Crippen molar-refractivity contribution in [2.24, 2.45) is 0 Å². The maximum atomic E-state index is 5.16. The second-order valence-corrected chi connectivity index (χ2v) is 3.96. The van der Waals surface area contributed by atoms with Crippen LogP contribution in [-0.4, -0.2) is 18.3 Å². The van der Waals surface area contributed by atoms with Crippen molar-refractivity contribution in [3.05, 3.63) is 17.2 Å². The molecule has 1 aliphatic carbocycles. The summed E-state index contributed by atoms with van der Waals surface area (Å²) in [4.78, 5) is 4.42. The smallest absolute Gasteiger partial charge is 0.214 e. The summed E-state index contributed by atoms with van der Waals surface area (Å²) < 4.78 is 5.16. The Kier molecular flexibility index (Phi) is 2.44. The van der Waals surface area contributed by atoms with Crippen LogP contribution in [0.2, 0.25) is 0 Å². The van der Waals surface area contributed by atoms with Crippen LogP contribution in [0.1, 0.15) is 17.5 Å². The van der Waals surface area contributed by atoms with E-state index in [1.54, 1.807) is 18.9 Å². The number of aryl methyl sites for hydroxylation is 1. The molecule has 0 aromatic carbocycles. The molecule has 2 nitrogen and oxygen atoms in total. The fourth-order valence-electron chi connectivity index (χ4n) is 1.79. The summed E-state index contributed by atoms with van der Waals surface area (Å²) in [6.07, 6.45) is 5.70. The lowest BCUT2D eigenvalue weighted by atomic mass is 10.2. The van der Waals surface area contributed by atoms with Crippen molar-refractivity contribution in [2.45, 2.75) is 24.3 Å². The lowest BCUT2D eigenvalue weighted by Crippen LogP contribution is -1.94. The molecule has 0 saturated carbocycles. The molecule has 0 N–H and O–H groups in total. The van der Waals surface area contributed by atoms with E-state index in [2.05, 4.69) is 17.3 Å². The van der Waals surface area contributed by atoms with E-state index < -0.39 is 0 Å². The van der Waals surface area contributed by atoms with Gasteiger partial charge in [0.1, 0.15) is 5.03 Å². The van der Waals surface area contributed by atoms with Crippen molar-refractivity contribution in [3.8, 4) is 5.88 Å². The first-order chi connectivity index (χ1) is 6.35. The molecule has 70 valence electrons. The Morgan fingerprint density at radius 2 is 2.31 bits per heavy atom. The van der Waals surface area contributed by atoms with E-state index in [1.165, 1.54) is 30.4 Å². The van der Waals surface area contributed by atoms with Gasteiger partial charge in [-0.05, 0) is 36.6 Å². The van der Waals surface area contributed by atoms with E-state index in [0.29, 0.717) is 0 Å². The van der Waals surface area contributed by atoms with E-state index in [1.807, 2.05) is 0 Å². The predicted molar refractivity (Wildman–Crippen MR) is 54.6 cm³/mol. The number of ether oxygens (including phenoxy) is 1. The van der Waals surface area contributed by atoms with Gasteiger partial charge < -0.3 is 4.74 Å². The molecule has 3 heteroatoms. The van der Waals surface area contributed by atoms with Crippen molar-refractivity contribution in [1.82, 2.24) is 4.98 Å². The number of aromatic nitrogens is 1. The molecule has 1 aromatic rings. The largest absolute Gasteiger partial charge is 0.481 e. The van der Waals surface area contributed by atoms with E-state index in [0.717, 1.165) is 10.9 Å². The maximum absolute atomic E-state index is 5.16. The van der Waals surface area contributed by atoms with Gasteiger partial charge in [0.05, 0.1) is 7.11 Å². The molecule has 0 bridgehead atoms. The molecule has 0 amide bonds. The van der Waals surface area contributed by atoms with Gasteiger partial charge >= 0.3 is 0 Å². The highest BCUT2D eigenvalue weighted by Crippen LogP contribution is 2.31. The van der Waals surface area contributed by atoms with Crippen LogP contribution in [0.4, 0.5) is 0 Å². The van der Waals surface area contributed by atoms with Crippen molar-refractivity contribution >= 4 is 11.8 Å². The number of pyridine rings is 1. The molecule has 1 aromatic heterocycles. The van der Waals surface area contributed by atoms with Crippen molar-refractivity contribution in [2.75, 3.05) is 13.4 Å². The summed E-state index contributed by atoms with van der Waals surface area (Å²) in [6.45, 7) is 0. The zero-order valence-corrected chi connectivity index (χ0v) is 8.78. The molecule has 0 saturated heterocycles. The molecular formula is C10H13NOS. The highest BCUT2D eigenvalue weighted by Gasteiger charge is 2.17. The van der Waals surface area contributed by atoms with Gasteiger partial charge in [-0.3, -0.25) is 0 Å². The van der Waals surface area contributed by atoms with Gasteiger partial charge in [-0.2, -0.15) is 0 Å². The van der Waals surface area contributed by atoms with Crippen LogP contribution in [0, 0.1) is 0 Å².